The molecule has 0 radical (unpaired) electrons. The van der Waals surface area contributed by atoms with Crippen molar-refractivity contribution < 1.29 is 37.9 Å². The molecule has 4 atom stereocenters. The number of pyridine rings is 1. The number of carbonyl (C=O) groups is 3. The monoisotopic (exact) mass is 450 g/mol. The van der Waals surface area contributed by atoms with Crippen LogP contribution in [0.15, 0.2) is 29.0 Å². The van der Waals surface area contributed by atoms with Gasteiger partial charge in [-0.3, -0.25) is 19.4 Å². The molecule has 31 heavy (non-hydrogen) atoms. The Morgan fingerprint density at radius 2 is 1.68 bits per heavy atom. The van der Waals surface area contributed by atoms with Gasteiger partial charge in [0.1, 0.15) is 11.5 Å². The van der Waals surface area contributed by atoms with E-state index in [1.54, 1.807) is 25.3 Å². The summed E-state index contributed by atoms with van der Waals surface area (Å²) in [7, 11) is 0. The van der Waals surface area contributed by atoms with Gasteiger partial charge in [0.05, 0.1) is 23.7 Å². The van der Waals surface area contributed by atoms with Crippen LogP contribution in [0, 0.1) is 6.92 Å². The number of hydrogen-bond donors (Lipinski definition) is 0. The van der Waals surface area contributed by atoms with Gasteiger partial charge < -0.3 is 23.5 Å². The summed E-state index contributed by atoms with van der Waals surface area (Å²) in [6.45, 7) is 5.50. The van der Waals surface area contributed by atoms with E-state index in [9.17, 15) is 14.4 Å². The summed E-state index contributed by atoms with van der Waals surface area (Å²) in [6.07, 6.45) is 0.303. The summed E-state index contributed by atoms with van der Waals surface area (Å²) in [6, 6.07) is 3.45. The molecular formula is C20H22N2O8S. The van der Waals surface area contributed by atoms with Gasteiger partial charge in [-0.15, -0.1) is 11.8 Å². The number of hydrogen-bond acceptors (Lipinski definition) is 11. The largest absolute Gasteiger partial charge is 0.474 e. The lowest BCUT2D eigenvalue weighted by atomic mass is 10.1. The number of ether oxygens (including phenoxy) is 4. The Hall–Kier alpha value is -3.08. The van der Waals surface area contributed by atoms with E-state index in [-0.39, 0.29) is 5.75 Å². The normalized spacial score (nSPS) is 23.0. The van der Waals surface area contributed by atoms with Crippen molar-refractivity contribution in [2.24, 2.45) is 0 Å². The van der Waals surface area contributed by atoms with Crippen molar-refractivity contribution in [1.82, 2.24) is 10.1 Å². The molecule has 1 aliphatic rings. The first-order chi connectivity index (χ1) is 14.7. The summed E-state index contributed by atoms with van der Waals surface area (Å²) in [5, 5.41) is 3.74. The fraction of sp³-hybridized carbons (Fsp3) is 0.450. The minimum atomic E-state index is -1.01. The molecule has 2 aromatic heterocycles. The molecule has 0 unspecified atom stereocenters. The summed E-state index contributed by atoms with van der Waals surface area (Å²) in [4.78, 5) is 39.2. The van der Waals surface area contributed by atoms with Gasteiger partial charge in [0, 0.05) is 26.5 Å². The predicted octanol–water partition coefficient (Wildman–Crippen LogP) is 2.29. The SMILES string of the molecule is CC(=O)O[C@@H]1[C@@H](OC(C)=O)[C@@H](Oc2ccc(-c3cnoc3C)nc2)SC[C@H]1OC(C)=O. The fourth-order valence-corrected chi connectivity index (χ4v) is 4.31. The molecule has 3 rings (SSSR count). The third-order valence-corrected chi connectivity index (χ3v) is 5.53. The highest BCUT2D eigenvalue weighted by Crippen LogP contribution is 2.34. The molecule has 1 fully saturated rings. The summed E-state index contributed by atoms with van der Waals surface area (Å²) in [5.41, 5.74) is 0.701. The number of nitrogens with zero attached hydrogens (tertiary/aromatic N) is 2. The highest BCUT2D eigenvalue weighted by molar-refractivity contribution is 7.99. The molecule has 166 valence electrons. The van der Waals surface area contributed by atoms with E-state index < -0.39 is 41.7 Å². The van der Waals surface area contributed by atoms with Gasteiger partial charge in [0.2, 0.25) is 0 Å². The average molecular weight is 450 g/mol. The lowest BCUT2D eigenvalue weighted by Gasteiger charge is -2.39. The maximum absolute atomic E-state index is 11.7. The maximum atomic E-state index is 11.7. The average Bonchev–Trinajstić information content (AvgIpc) is 3.12. The van der Waals surface area contributed by atoms with Crippen molar-refractivity contribution in [2.75, 3.05) is 5.75 Å². The van der Waals surface area contributed by atoms with Crippen molar-refractivity contribution >= 4 is 29.7 Å². The number of aryl methyl sites for hydroxylation is 1. The standard InChI is InChI=1S/C20H22N2O8S/c1-10-15(8-22-30-10)16-6-5-14(7-21-16)29-20-19(28-13(4)25)18(27-12(3)24)17(9-31-20)26-11(2)23/h5-8,17-20H,9H2,1-4H3/t17-,18+,19-,20+/m1/s1. The number of rotatable bonds is 6. The number of thioether (sulfide) groups is 1. The van der Waals surface area contributed by atoms with Crippen LogP contribution in [0.2, 0.25) is 0 Å². The van der Waals surface area contributed by atoms with Gasteiger partial charge >= 0.3 is 17.9 Å². The molecule has 10 nitrogen and oxygen atoms in total. The van der Waals surface area contributed by atoms with E-state index in [2.05, 4.69) is 10.1 Å². The molecule has 0 aliphatic carbocycles. The van der Waals surface area contributed by atoms with E-state index in [1.165, 1.54) is 38.7 Å². The van der Waals surface area contributed by atoms with Gasteiger partial charge in [-0.25, -0.2) is 0 Å². The van der Waals surface area contributed by atoms with Gasteiger partial charge in [0.15, 0.2) is 23.7 Å². The van der Waals surface area contributed by atoms with Crippen molar-refractivity contribution in [3.05, 3.63) is 30.3 Å². The zero-order valence-corrected chi connectivity index (χ0v) is 18.2. The van der Waals surface area contributed by atoms with Gasteiger partial charge in [-0.05, 0) is 19.1 Å². The lowest BCUT2D eigenvalue weighted by Crippen LogP contribution is -2.55. The Balaban J connectivity index is 1.81. The number of aromatic nitrogens is 2. The molecule has 1 saturated heterocycles. The van der Waals surface area contributed by atoms with Crippen molar-refractivity contribution in [3.63, 3.8) is 0 Å². The van der Waals surface area contributed by atoms with Crippen LogP contribution in [0.4, 0.5) is 0 Å². The number of esters is 3. The van der Waals surface area contributed by atoms with Gasteiger partial charge in [-0.1, -0.05) is 5.16 Å². The van der Waals surface area contributed by atoms with Crippen molar-refractivity contribution in [3.8, 4) is 17.0 Å². The molecule has 11 heteroatoms. The molecule has 0 N–H and O–H groups in total. The molecule has 0 aromatic carbocycles. The highest BCUT2D eigenvalue weighted by atomic mass is 32.2. The second kappa shape index (κ2) is 9.82. The van der Waals surface area contributed by atoms with Crippen LogP contribution in [0.1, 0.15) is 26.5 Å². The van der Waals surface area contributed by atoms with Crippen molar-refractivity contribution in [1.29, 1.82) is 0 Å². The Kier molecular flexibility index (Phi) is 7.16. The second-order valence-corrected chi connectivity index (χ2v) is 7.92. The van der Waals surface area contributed by atoms with Crippen LogP contribution >= 0.6 is 11.8 Å². The second-order valence-electron chi connectivity index (χ2n) is 6.79. The van der Waals surface area contributed by atoms with E-state index in [0.717, 1.165) is 5.56 Å². The van der Waals surface area contributed by atoms with E-state index >= 15 is 0 Å². The van der Waals surface area contributed by atoms with Crippen LogP contribution in [0.3, 0.4) is 0 Å². The first-order valence-corrected chi connectivity index (χ1v) is 10.5. The van der Waals surface area contributed by atoms with Gasteiger partial charge in [-0.2, -0.15) is 0 Å². The summed E-state index contributed by atoms with van der Waals surface area (Å²) in [5.74, 6) is -0.380. The predicted molar refractivity (Wildman–Crippen MR) is 108 cm³/mol. The molecule has 0 saturated carbocycles. The molecular weight excluding hydrogens is 428 g/mol. The number of carbonyl (C=O) groups excluding carboxylic acids is 3. The van der Waals surface area contributed by atoms with E-state index in [0.29, 0.717) is 17.2 Å². The van der Waals surface area contributed by atoms with E-state index in [1.807, 2.05) is 0 Å². The van der Waals surface area contributed by atoms with Crippen LogP contribution in [-0.2, 0) is 28.6 Å². The van der Waals surface area contributed by atoms with Crippen LogP contribution in [0.25, 0.3) is 11.3 Å². The Bertz CT molecular complexity index is 945. The maximum Gasteiger partial charge on any atom is 0.303 e. The Labute approximate surface area is 182 Å². The molecule has 3 heterocycles. The quantitative estimate of drug-likeness (QED) is 0.475. The minimum absolute atomic E-state index is 0.283. The summed E-state index contributed by atoms with van der Waals surface area (Å²) < 4.78 is 27.1. The molecule has 1 aliphatic heterocycles. The zero-order valence-electron chi connectivity index (χ0n) is 17.4. The third kappa shape index (κ3) is 5.75. The Morgan fingerprint density at radius 1 is 1.00 bits per heavy atom. The zero-order chi connectivity index (χ0) is 22.5. The minimum Gasteiger partial charge on any atom is -0.474 e. The van der Waals surface area contributed by atoms with Gasteiger partial charge in [0.25, 0.3) is 0 Å². The van der Waals surface area contributed by atoms with Crippen molar-refractivity contribution in [2.45, 2.75) is 51.4 Å². The first kappa shape index (κ1) is 22.6. The van der Waals surface area contributed by atoms with E-state index in [4.69, 9.17) is 23.5 Å². The van der Waals surface area contributed by atoms with Crippen LogP contribution in [-0.4, -0.2) is 57.5 Å². The smallest absolute Gasteiger partial charge is 0.303 e. The van der Waals surface area contributed by atoms with Crippen LogP contribution in [0.5, 0.6) is 5.75 Å². The topological polar surface area (TPSA) is 127 Å². The fourth-order valence-electron chi connectivity index (χ4n) is 3.10. The lowest BCUT2D eigenvalue weighted by molar-refractivity contribution is -0.186. The third-order valence-electron chi connectivity index (χ3n) is 4.32. The molecule has 0 amide bonds. The first-order valence-electron chi connectivity index (χ1n) is 9.42. The molecule has 2 aromatic rings. The molecule has 0 bridgehead atoms. The molecule has 0 spiro atoms. The summed E-state index contributed by atoms with van der Waals surface area (Å²) >= 11 is 1.27. The van der Waals surface area contributed by atoms with Crippen LogP contribution < -0.4 is 4.74 Å². The Morgan fingerprint density at radius 3 is 2.23 bits per heavy atom. The highest BCUT2D eigenvalue weighted by Gasteiger charge is 2.47.